The summed E-state index contributed by atoms with van der Waals surface area (Å²) in [6, 6.07) is 31.2. The number of amides is 2. The number of carbonyl (C=O) groups excluding carboxylic acids is 2. The number of hydrogen-bond donors (Lipinski definition) is 4. The van der Waals surface area contributed by atoms with E-state index in [1.807, 2.05) is 101 Å². The van der Waals surface area contributed by atoms with Crippen molar-refractivity contribution in [3.8, 4) is 27.6 Å². The van der Waals surface area contributed by atoms with E-state index in [2.05, 4.69) is 62.1 Å². The van der Waals surface area contributed by atoms with Gasteiger partial charge in [-0.3, -0.25) is 34.4 Å². The lowest BCUT2D eigenvalue weighted by Crippen LogP contribution is -2.24. The molecule has 0 radical (unpaired) electrons. The zero-order valence-corrected chi connectivity index (χ0v) is 41.1. The molecule has 3 aromatic carbocycles. The molecule has 0 saturated heterocycles. The SMILES string of the molecule is O=C(Nc1nc2ccc(NSc3cccs3)cc2s1)c1cc2n(n1)CCCN(CCCCCCCNC(=O)c1cnc(N=Nc3c(-c4ccccc4)[nH]n(-c4nc(-c5ccccc5)cs4)c3=O)s1)C2. The summed E-state index contributed by atoms with van der Waals surface area (Å²) in [5, 5.41) is 27.7. The number of hydrogen-bond acceptors (Lipinski definition) is 16. The van der Waals surface area contributed by atoms with Gasteiger partial charge in [0.15, 0.2) is 16.5 Å². The van der Waals surface area contributed by atoms with Crippen molar-refractivity contribution in [1.82, 2.24) is 44.7 Å². The number of fused-ring (bicyclic) bond motifs is 2. The Kier molecular flexibility index (Phi) is 14.6. The van der Waals surface area contributed by atoms with Crippen molar-refractivity contribution < 1.29 is 9.59 Å². The molecule has 0 unspecified atom stereocenters. The van der Waals surface area contributed by atoms with E-state index in [0.717, 1.165) is 114 Å². The Morgan fingerprint density at radius 3 is 2.49 bits per heavy atom. The van der Waals surface area contributed by atoms with E-state index in [9.17, 15) is 14.4 Å². The van der Waals surface area contributed by atoms with E-state index >= 15 is 0 Å². The predicted octanol–water partition coefficient (Wildman–Crippen LogP) is 11.7. The van der Waals surface area contributed by atoms with E-state index in [0.29, 0.717) is 33.1 Å². The van der Waals surface area contributed by atoms with Gasteiger partial charge in [-0.05, 0) is 73.5 Å². The maximum absolute atomic E-state index is 13.8. The van der Waals surface area contributed by atoms with Crippen LogP contribution in [0.25, 0.3) is 37.9 Å². The van der Waals surface area contributed by atoms with E-state index in [4.69, 9.17) is 4.98 Å². The smallest absolute Gasteiger partial charge is 0.301 e. The number of azo groups is 1. The van der Waals surface area contributed by atoms with Crippen molar-refractivity contribution >= 4 is 101 Å². The minimum atomic E-state index is -0.400. The van der Waals surface area contributed by atoms with Crippen molar-refractivity contribution in [2.45, 2.75) is 55.8 Å². The van der Waals surface area contributed by atoms with Crippen LogP contribution in [-0.2, 0) is 13.1 Å². The average Bonchev–Trinajstić information content (AvgIpc) is 4.25. The van der Waals surface area contributed by atoms with Crippen LogP contribution in [0.2, 0.25) is 0 Å². The van der Waals surface area contributed by atoms with E-state index in [1.54, 1.807) is 23.3 Å². The van der Waals surface area contributed by atoms with Crippen LogP contribution in [0.4, 0.5) is 21.6 Å². The maximum Gasteiger partial charge on any atom is 0.301 e. The Morgan fingerprint density at radius 2 is 1.65 bits per heavy atom. The second kappa shape index (κ2) is 21.8. The van der Waals surface area contributed by atoms with Crippen LogP contribution < -0.4 is 20.9 Å². The third-order valence-corrected chi connectivity index (χ3v) is 15.8. The van der Waals surface area contributed by atoms with Gasteiger partial charge >= 0.3 is 5.56 Å². The highest BCUT2D eigenvalue weighted by Crippen LogP contribution is 2.33. The van der Waals surface area contributed by atoms with Gasteiger partial charge in [0.05, 0.1) is 37.7 Å². The number of aryl methyl sites for hydroxylation is 1. The van der Waals surface area contributed by atoms with E-state index in [1.165, 1.54) is 37.8 Å². The number of H-pyrrole nitrogens is 1. The number of thiophene rings is 1. The first-order valence-corrected chi connectivity index (χ1v) is 26.7. The molecule has 0 aliphatic carbocycles. The fourth-order valence-electron chi connectivity index (χ4n) is 7.82. The van der Waals surface area contributed by atoms with E-state index < -0.39 is 5.56 Å². The first-order chi connectivity index (χ1) is 33.9. The van der Waals surface area contributed by atoms with Gasteiger partial charge in [0.25, 0.3) is 11.8 Å². The monoisotopic (exact) mass is 1010 g/mol. The Labute approximate surface area is 416 Å². The molecule has 10 rings (SSSR count). The summed E-state index contributed by atoms with van der Waals surface area (Å²) in [7, 11) is 0. The number of rotatable bonds is 19. The molecule has 6 aromatic heterocycles. The van der Waals surface area contributed by atoms with Crippen molar-refractivity contribution in [3.63, 3.8) is 0 Å². The number of unbranched alkanes of at least 4 members (excludes halogenated alkanes) is 4. The number of aromatic amines is 1. The average molecular weight is 1010 g/mol. The van der Waals surface area contributed by atoms with Gasteiger partial charge in [0, 0.05) is 48.4 Å². The highest BCUT2D eigenvalue weighted by Gasteiger charge is 2.22. The molecular formula is C48H45N13O3S5. The summed E-state index contributed by atoms with van der Waals surface area (Å²) < 4.78 is 8.90. The number of carbonyl (C=O) groups is 2. The molecule has 0 saturated carbocycles. The summed E-state index contributed by atoms with van der Waals surface area (Å²) in [5.41, 5.74) is 5.95. The van der Waals surface area contributed by atoms with Gasteiger partial charge in [-0.15, -0.1) is 32.9 Å². The molecule has 9 aromatic rings. The molecule has 16 nitrogen and oxygen atoms in total. The molecule has 0 fully saturated rings. The lowest BCUT2D eigenvalue weighted by atomic mass is 10.1. The number of nitrogens with zero attached hydrogens (tertiary/aromatic N) is 9. The third-order valence-electron chi connectivity index (χ3n) is 11.3. The lowest BCUT2D eigenvalue weighted by Gasteiger charge is -2.19. The minimum absolute atomic E-state index is 0.114. The molecule has 69 heavy (non-hydrogen) atoms. The van der Waals surface area contributed by atoms with Crippen LogP contribution in [0.1, 0.15) is 64.4 Å². The molecule has 1 aliphatic rings. The largest absolute Gasteiger partial charge is 0.351 e. The second-order valence-corrected chi connectivity index (χ2v) is 21.1. The molecule has 2 amide bonds. The fourth-order valence-corrected chi connectivity index (χ4v) is 11.6. The van der Waals surface area contributed by atoms with Crippen LogP contribution in [-0.4, -0.2) is 70.9 Å². The first-order valence-electron chi connectivity index (χ1n) is 22.4. The molecule has 4 N–H and O–H groups in total. The topological polar surface area (TPSA) is 192 Å². The van der Waals surface area contributed by atoms with Crippen LogP contribution in [0, 0.1) is 0 Å². The Morgan fingerprint density at radius 1 is 0.826 bits per heavy atom. The summed E-state index contributed by atoms with van der Waals surface area (Å²) in [6.45, 7) is 4.03. The van der Waals surface area contributed by atoms with Crippen LogP contribution in [0.5, 0.6) is 0 Å². The molecule has 1 aliphatic heterocycles. The summed E-state index contributed by atoms with van der Waals surface area (Å²) in [6.07, 6.45) is 7.54. The van der Waals surface area contributed by atoms with Gasteiger partial charge in [-0.1, -0.05) is 109 Å². The van der Waals surface area contributed by atoms with Crippen molar-refractivity contribution in [1.29, 1.82) is 0 Å². The van der Waals surface area contributed by atoms with Crippen LogP contribution in [0.15, 0.2) is 133 Å². The third kappa shape index (κ3) is 11.3. The molecule has 7 heterocycles. The van der Waals surface area contributed by atoms with Gasteiger partial charge in [0.1, 0.15) is 4.88 Å². The zero-order valence-electron chi connectivity index (χ0n) is 37.0. The Balaban J connectivity index is 0.654. The highest BCUT2D eigenvalue weighted by atomic mass is 32.2. The number of aromatic nitrogens is 7. The highest BCUT2D eigenvalue weighted by molar-refractivity contribution is 8.02. The van der Waals surface area contributed by atoms with Gasteiger partial charge in [-0.2, -0.15) is 9.78 Å². The van der Waals surface area contributed by atoms with Crippen LogP contribution in [0.3, 0.4) is 0 Å². The molecule has 0 spiro atoms. The summed E-state index contributed by atoms with van der Waals surface area (Å²) in [5.74, 6) is -0.474. The minimum Gasteiger partial charge on any atom is -0.351 e. The predicted molar refractivity (Wildman–Crippen MR) is 278 cm³/mol. The second-order valence-electron chi connectivity index (χ2n) is 16.1. The van der Waals surface area contributed by atoms with Gasteiger partial charge < -0.3 is 10.0 Å². The molecule has 21 heteroatoms. The first kappa shape index (κ1) is 46.1. The van der Waals surface area contributed by atoms with Gasteiger partial charge in [-0.25, -0.2) is 15.0 Å². The molecule has 0 bridgehead atoms. The standard InChI is InChI=1S/C48H45N13O3S5/c62-43(53-47-51-35-20-19-33(26-38(35)67-47)58-69-40-18-12-25-65-40)36-27-34-29-59(23-13-24-60(34)56-36)22-11-3-1-2-10-21-49-44(63)39-28-50-46(68-39)55-54-42-41(32-16-8-5-9-17-32)57-61(45(42)64)48-52-37(30-66-48)31-14-6-4-7-15-31/h4-9,12,14-20,25-28,30,57-58H,1-3,10-11,13,21-24,29H2,(H,49,63)(H,51,53,62). The fraction of sp³-hybridized carbons (Fsp3) is 0.229. The quantitative estimate of drug-likeness (QED) is 0.0344. The van der Waals surface area contributed by atoms with Gasteiger partial charge in [0.2, 0.25) is 10.3 Å². The van der Waals surface area contributed by atoms with Crippen molar-refractivity contribution in [2.75, 3.05) is 29.7 Å². The Hall–Kier alpha value is -6.62. The number of benzene rings is 3. The normalized spacial score (nSPS) is 12.9. The summed E-state index contributed by atoms with van der Waals surface area (Å²) in [4.78, 5) is 56.6. The van der Waals surface area contributed by atoms with Crippen LogP contribution >= 0.6 is 57.3 Å². The zero-order chi connectivity index (χ0) is 46.9. The molecule has 350 valence electrons. The number of anilines is 2. The van der Waals surface area contributed by atoms with Crippen molar-refractivity contribution in [3.05, 3.63) is 141 Å². The number of thiazole rings is 3. The lowest BCUT2D eigenvalue weighted by molar-refractivity contribution is 0.0955. The van der Waals surface area contributed by atoms with Crippen molar-refractivity contribution in [2.24, 2.45) is 10.2 Å². The number of nitrogens with one attached hydrogen (secondary N) is 4. The molecular weight excluding hydrogens is 967 g/mol. The van der Waals surface area contributed by atoms with E-state index in [-0.39, 0.29) is 22.6 Å². The Bertz CT molecular complexity index is 3260. The molecule has 0 atom stereocenters. The summed E-state index contributed by atoms with van der Waals surface area (Å²) >= 11 is 7.17. The maximum atomic E-state index is 13.8.